The van der Waals surface area contributed by atoms with Crippen molar-refractivity contribution in [1.29, 1.82) is 0 Å². The molecule has 0 spiro atoms. The number of hydrogen-bond acceptors (Lipinski definition) is 5. The van der Waals surface area contributed by atoms with Crippen LogP contribution in [0, 0.1) is 0 Å². The lowest BCUT2D eigenvalue weighted by molar-refractivity contribution is 0.558. The molecular weight excluding hydrogens is 290 g/mol. The molecule has 23 heavy (non-hydrogen) atoms. The molecule has 3 N–H and O–H groups in total. The van der Waals surface area contributed by atoms with E-state index < -0.39 is 0 Å². The number of nitrogens with two attached hydrogens (primary N) is 1. The van der Waals surface area contributed by atoms with Crippen LogP contribution in [-0.4, -0.2) is 15.4 Å². The second-order valence-corrected chi connectivity index (χ2v) is 5.47. The summed E-state index contributed by atoms with van der Waals surface area (Å²) >= 11 is 0. The summed E-state index contributed by atoms with van der Waals surface area (Å²) in [5, 5.41) is 4.89. The highest BCUT2D eigenvalue weighted by Crippen LogP contribution is 2.23. The fourth-order valence-corrected chi connectivity index (χ4v) is 2.81. The van der Waals surface area contributed by atoms with Gasteiger partial charge in [-0.25, -0.2) is 9.66 Å². The first-order valence-electron chi connectivity index (χ1n) is 7.38. The molecule has 6 heteroatoms. The number of para-hydroxylation sites is 1. The second-order valence-electron chi connectivity index (χ2n) is 5.47. The van der Waals surface area contributed by atoms with Gasteiger partial charge in [0.2, 0.25) is 0 Å². The summed E-state index contributed by atoms with van der Waals surface area (Å²) in [5.41, 5.74) is 5.41. The van der Waals surface area contributed by atoms with Crippen LogP contribution >= 0.6 is 0 Å². The van der Waals surface area contributed by atoms with Crippen molar-refractivity contribution in [3.05, 3.63) is 76.3 Å². The third kappa shape index (κ3) is 2.24. The Morgan fingerprint density at radius 1 is 1.09 bits per heavy atom. The zero-order chi connectivity index (χ0) is 15.8. The third-order valence-electron chi connectivity index (χ3n) is 4.01. The Morgan fingerprint density at radius 3 is 2.65 bits per heavy atom. The van der Waals surface area contributed by atoms with Crippen LogP contribution in [0.2, 0.25) is 0 Å². The Kier molecular flexibility index (Phi) is 3.08. The van der Waals surface area contributed by atoms with Crippen LogP contribution < -0.4 is 16.8 Å². The smallest absolute Gasteiger partial charge is 0.279 e. The minimum atomic E-state index is -0.249. The van der Waals surface area contributed by atoms with E-state index in [4.69, 9.17) is 5.84 Å². The molecule has 2 aromatic carbocycles. The second kappa shape index (κ2) is 5.24. The lowest BCUT2D eigenvalue weighted by atomic mass is 10.0. The van der Waals surface area contributed by atoms with E-state index in [0.29, 0.717) is 23.1 Å². The van der Waals surface area contributed by atoms with Crippen LogP contribution in [-0.2, 0) is 0 Å². The molecule has 3 aromatic rings. The minimum Gasteiger partial charge on any atom is -0.335 e. The summed E-state index contributed by atoms with van der Waals surface area (Å²) in [6.45, 7) is 0. The molecule has 1 atom stereocenters. The van der Waals surface area contributed by atoms with Gasteiger partial charge in [0.25, 0.3) is 5.56 Å². The fourth-order valence-electron chi connectivity index (χ4n) is 2.81. The number of nitrogen functional groups attached to an aromatic ring is 1. The molecule has 0 saturated carbocycles. The van der Waals surface area contributed by atoms with Crippen molar-refractivity contribution >= 4 is 16.6 Å². The quantitative estimate of drug-likeness (QED) is 0.703. The molecule has 0 bridgehead atoms. The topological polar surface area (TPSA) is 85.3 Å². The van der Waals surface area contributed by atoms with E-state index in [1.54, 1.807) is 12.1 Å². The Labute approximate surface area is 132 Å². The van der Waals surface area contributed by atoms with Crippen molar-refractivity contribution in [3.63, 3.8) is 0 Å². The zero-order valence-electron chi connectivity index (χ0n) is 12.3. The summed E-state index contributed by atoms with van der Waals surface area (Å²) in [6, 6.07) is 16.9. The first kappa shape index (κ1) is 13.5. The van der Waals surface area contributed by atoms with Gasteiger partial charge in [0.15, 0.2) is 5.82 Å². The van der Waals surface area contributed by atoms with Crippen LogP contribution in [0.5, 0.6) is 0 Å². The Bertz CT molecular complexity index is 962. The highest BCUT2D eigenvalue weighted by molar-refractivity contribution is 6.01. The molecule has 1 unspecified atom stereocenters. The van der Waals surface area contributed by atoms with Crippen LogP contribution in [0.4, 0.5) is 0 Å². The number of nitrogens with one attached hydrogen (secondary N) is 1. The number of aromatic nitrogens is 2. The molecule has 0 saturated heterocycles. The maximum Gasteiger partial charge on any atom is 0.279 e. The monoisotopic (exact) mass is 305 g/mol. The van der Waals surface area contributed by atoms with Crippen molar-refractivity contribution in [1.82, 2.24) is 15.1 Å². The van der Waals surface area contributed by atoms with E-state index in [0.717, 1.165) is 16.0 Å². The normalized spacial score (nSPS) is 17.0. The molecule has 0 amide bonds. The highest BCUT2D eigenvalue weighted by Gasteiger charge is 2.25. The predicted octanol–water partition coefficient (Wildman–Crippen LogP) is 1.55. The molecule has 0 fully saturated rings. The number of hydrazone groups is 1. The molecule has 114 valence electrons. The lowest BCUT2D eigenvalue weighted by Gasteiger charge is -2.14. The summed E-state index contributed by atoms with van der Waals surface area (Å²) in [4.78, 5) is 16.9. The summed E-state index contributed by atoms with van der Waals surface area (Å²) in [5.74, 6) is 6.45. The van der Waals surface area contributed by atoms with Gasteiger partial charge in [-0.15, -0.1) is 0 Å². The third-order valence-corrected chi connectivity index (χ3v) is 4.01. The van der Waals surface area contributed by atoms with Gasteiger partial charge in [-0.3, -0.25) is 10.2 Å². The van der Waals surface area contributed by atoms with Crippen LogP contribution in [0.3, 0.4) is 0 Å². The van der Waals surface area contributed by atoms with Crippen LogP contribution in [0.15, 0.2) is 64.5 Å². The first-order valence-corrected chi connectivity index (χ1v) is 7.38. The van der Waals surface area contributed by atoms with Gasteiger partial charge < -0.3 is 5.84 Å². The van der Waals surface area contributed by atoms with Crippen molar-refractivity contribution in [3.8, 4) is 0 Å². The first-order chi connectivity index (χ1) is 11.2. The van der Waals surface area contributed by atoms with E-state index in [9.17, 15) is 4.79 Å². The predicted molar refractivity (Wildman–Crippen MR) is 89.6 cm³/mol. The molecule has 2 heterocycles. The number of benzene rings is 2. The zero-order valence-corrected chi connectivity index (χ0v) is 12.3. The number of hydrogen-bond donors (Lipinski definition) is 2. The van der Waals surface area contributed by atoms with Gasteiger partial charge >= 0.3 is 0 Å². The largest absolute Gasteiger partial charge is 0.335 e. The Hall–Kier alpha value is -3.15. The van der Waals surface area contributed by atoms with E-state index in [1.807, 2.05) is 42.5 Å². The minimum absolute atomic E-state index is 0.215. The van der Waals surface area contributed by atoms with Crippen molar-refractivity contribution in [2.75, 3.05) is 5.84 Å². The van der Waals surface area contributed by atoms with Gasteiger partial charge in [0.05, 0.1) is 16.6 Å². The molecule has 1 aromatic heterocycles. The van der Waals surface area contributed by atoms with E-state index in [2.05, 4.69) is 15.5 Å². The van der Waals surface area contributed by atoms with Crippen molar-refractivity contribution < 1.29 is 0 Å². The van der Waals surface area contributed by atoms with Gasteiger partial charge in [0.1, 0.15) is 6.04 Å². The van der Waals surface area contributed by atoms with Crippen molar-refractivity contribution in [2.24, 2.45) is 5.10 Å². The number of nitrogens with zero attached hydrogens (tertiary/aromatic N) is 3. The summed E-state index contributed by atoms with van der Waals surface area (Å²) in [6.07, 6.45) is 0.631. The van der Waals surface area contributed by atoms with Crippen molar-refractivity contribution in [2.45, 2.75) is 12.5 Å². The summed E-state index contributed by atoms with van der Waals surface area (Å²) < 4.78 is 1.11. The van der Waals surface area contributed by atoms with Gasteiger partial charge in [-0.05, 0) is 17.7 Å². The Morgan fingerprint density at radius 2 is 1.83 bits per heavy atom. The molecule has 1 aliphatic rings. The maximum absolute atomic E-state index is 12.4. The Balaban J connectivity index is 1.72. The number of rotatable bonds is 2. The van der Waals surface area contributed by atoms with Gasteiger partial charge in [0, 0.05) is 6.42 Å². The molecule has 6 nitrogen and oxygen atoms in total. The van der Waals surface area contributed by atoms with E-state index >= 15 is 0 Å². The molecule has 4 rings (SSSR count). The number of fused-ring (bicyclic) bond motifs is 1. The molecule has 0 radical (unpaired) electrons. The summed E-state index contributed by atoms with van der Waals surface area (Å²) in [7, 11) is 0. The van der Waals surface area contributed by atoms with Gasteiger partial charge in [-0.1, -0.05) is 42.5 Å². The van der Waals surface area contributed by atoms with E-state index in [1.165, 1.54) is 0 Å². The standard InChI is InChI=1S/C17H15N5O/c18-22-16(19-13-9-5-4-8-12(13)17(22)23)15-10-14(20-21-15)11-6-2-1-3-7-11/h1-9,15,21H,10,18H2. The van der Waals surface area contributed by atoms with E-state index in [-0.39, 0.29) is 11.6 Å². The average molecular weight is 305 g/mol. The fraction of sp³-hybridized carbons (Fsp3) is 0.118. The lowest BCUT2D eigenvalue weighted by Crippen LogP contribution is -2.34. The molecule has 0 aliphatic carbocycles. The SMILES string of the molecule is Nn1c(C2CC(c3ccccc3)=NN2)nc2ccccc2c1=O. The highest BCUT2D eigenvalue weighted by atomic mass is 16.1. The molecular formula is C17H15N5O. The maximum atomic E-state index is 12.4. The molecule has 1 aliphatic heterocycles. The van der Waals surface area contributed by atoms with Crippen LogP contribution in [0.25, 0.3) is 10.9 Å². The van der Waals surface area contributed by atoms with Gasteiger partial charge in [-0.2, -0.15) is 5.10 Å². The van der Waals surface area contributed by atoms with Crippen LogP contribution in [0.1, 0.15) is 23.9 Å². The average Bonchev–Trinajstić information content (AvgIpc) is 3.09.